The van der Waals surface area contributed by atoms with Crippen LogP contribution < -0.4 is 0 Å². The molecule has 0 N–H and O–H groups in total. The van der Waals surface area contributed by atoms with Crippen LogP contribution in [-0.2, 0) is 14.3 Å². The van der Waals surface area contributed by atoms with Crippen LogP contribution in [0, 0.1) is 34.5 Å². The maximum Gasteiger partial charge on any atom is 0.309 e. The molecule has 0 radical (unpaired) electrons. The summed E-state index contributed by atoms with van der Waals surface area (Å²) in [5.74, 6) is -1.56. The van der Waals surface area contributed by atoms with Gasteiger partial charge in [0.05, 0.1) is 18.6 Å². The minimum atomic E-state index is -0.696. The van der Waals surface area contributed by atoms with Crippen molar-refractivity contribution in [2.45, 2.75) is 46.5 Å². The first-order chi connectivity index (χ1) is 9.88. The summed E-state index contributed by atoms with van der Waals surface area (Å²) in [6.45, 7) is 5.87. The average Bonchev–Trinajstić information content (AvgIpc) is 2.43. The highest BCUT2D eigenvalue weighted by Crippen LogP contribution is 2.43. The molecule has 5 heteroatoms. The highest BCUT2D eigenvalue weighted by atomic mass is 79.9. The number of ketones is 1. The fourth-order valence-corrected chi connectivity index (χ4v) is 3.40. The summed E-state index contributed by atoms with van der Waals surface area (Å²) in [5, 5.41) is 10.2. The number of Topliss-reactive ketones (excluding diaryl/α,β-unsaturated/α-hetero) is 1. The van der Waals surface area contributed by atoms with Crippen molar-refractivity contribution in [2.75, 3.05) is 11.9 Å². The average molecular weight is 358 g/mol. The summed E-state index contributed by atoms with van der Waals surface area (Å²) in [6.07, 6.45) is 2.93. The normalized spacial score (nSPS) is 26.0. The van der Waals surface area contributed by atoms with E-state index in [1.165, 1.54) is 0 Å². The zero-order valence-corrected chi connectivity index (χ0v) is 14.6. The Morgan fingerprint density at radius 1 is 1.57 bits per heavy atom. The molecule has 118 valence electrons. The van der Waals surface area contributed by atoms with Crippen LogP contribution in [0.25, 0.3) is 0 Å². The van der Waals surface area contributed by atoms with Gasteiger partial charge in [0.25, 0.3) is 0 Å². The first-order valence-corrected chi connectivity index (χ1v) is 8.67. The molecule has 21 heavy (non-hydrogen) atoms. The van der Waals surface area contributed by atoms with E-state index in [9.17, 15) is 14.9 Å². The first kappa shape index (κ1) is 18.2. The van der Waals surface area contributed by atoms with Gasteiger partial charge in [-0.3, -0.25) is 9.59 Å². The topological polar surface area (TPSA) is 67.2 Å². The minimum absolute atomic E-state index is 0.0330. The van der Waals surface area contributed by atoms with Crippen molar-refractivity contribution in [1.82, 2.24) is 0 Å². The van der Waals surface area contributed by atoms with Crippen LogP contribution in [0.3, 0.4) is 0 Å². The van der Waals surface area contributed by atoms with E-state index < -0.39 is 11.3 Å². The molecule has 0 saturated heterocycles. The van der Waals surface area contributed by atoms with Crippen LogP contribution >= 0.6 is 15.9 Å². The van der Waals surface area contributed by atoms with Crippen molar-refractivity contribution in [3.63, 3.8) is 0 Å². The Morgan fingerprint density at radius 2 is 2.24 bits per heavy atom. The highest BCUT2D eigenvalue weighted by molar-refractivity contribution is 9.09. The molecule has 1 aliphatic carbocycles. The first-order valence-electron chi connectivity index (χ1n) is 7.55. The Morgan fingerprint density at radius 3 is 2.76 bits per heavy atom. The fraction of sp³-hybridized carbons (Fsp3) is 0.812. The second-order valence-electron chi connectivity index (χ2n) is 6.25. The number of carbonyl (C=O) groups excluding carboxylic acids is 2. The number of ether oxygens (including phenoxy) is 1. The van der Waals surface area contributed by atoms with Crippen LogP contribution in [-0.4, -0.2) is 23.7 Å². The number of esters is 1. The van der Waals surface area contributed by atoms with Crippen LogP contribution in [0.15, 0.2) is 0 Å². The summed E-state index contributed by atoms with van der Waals surface area (Å²) < 4.78 is 5.16. The molecule has 0 heterocycles. The number of nitrogens with zero attached hydrogens (tertiary/aromatic N) is 1. The van der Waals surface area contributed by atoms with Gasteiger partial charge in [0.2, 0.25) is 0 Å². The zero-order chi connectivity index (χ0) is 16.0. The van der Waals surface area contributed by atoms with Crippen LogP contribution in [0.4, 0.5) is 0 Å². The molecule has 3 unspecified atom stereocenters. The van der Waals surface area contributed by atoms with Crippen LogP contribution in [0.2, 0.25) is 0 Å². The SMILES string of the molecule is CCOC(=O)C(CCCBr)C1CCC(C)(C)C(=O)C1C#N. The predicted molar refractivity (Wildman–Crippen MR) is 83.8 cm³/mol. The molecule has 0 aliphatic heterocycles. The molecule has 0 amide bonds. The second-order valence-corrected chi connectivity index (χ2v) is 7.04. The maximum atomic E-state index is 12.5. The van der Waals surface area contributed by atoms with Gasteiger partial charge >= 0.3 is 5.97 Å². The summed E-state index contributed by atoms with van der Waals surface area (Å²) in [5.41, 5.74) is -0.467. The molecule has 0 bridgehead atoms. The number of rotatable bonds is 6. The summed E-state index contributed by atoms with van der Waals surface area (Å²) in [4.78, 5) is 24.7. The molecule has 3 atom stereocenters. The van der Waals surface area contributed by atoms with Gasteiger partial charge < -0.3 is 4.74 Å². The Bertz CT molecular complexity index is 428. The smallest absolute Gasteiger partial charge is 0.309 e. The molecule has 1 rings (SSSR count). The molecule has 0 aromatic heterocycles. The highest BCUT2D eigenvalue weighted by Gasteiger charge is 2.47. The lowest BCUT2D eigenvalue weighted by molar-refractivity contribution is -0.153. The number of hydrogen-bond acceptors (Lipinski definition) is 4. The largest absolute Gasteiger partial charge is 0.466 e. The van der Waals surface area contributed by atoms with Gasteiger partial charge in [-0.25, -0.2) is 0 Å². The molecular formula is C16H24BrNO3. The summed E-state index contributed by atoms with van der Waals surface area (Å²) in [7, 11) is 0. The lowest BCUT2D eigenvalue weighted by Crippen LogP contribution is -2.44. The number of alkyl halides is 1. The lowest BCUT2D eigenvalue weighted by atomic mass is 9.62. The third-order valence-corrected chi connectivity index (χ3v) is 4.94. The van der Waals surface area contributed by atoms with Crippen LogP contribution in [0.1, 0.15) is 46.5 Å². The van der Waals surface area contributed by atoms with Gasteiger partial charge in [0, 0.05) is 10.7 Å². The van der Waals surface area contributed by atoms with Crippen molar-refractivity contribution in [3.05, 3.63) is 0 Å². The van der Waals surface area contributed by atoms with Crippen molar-refractivity contribution in [2.24, 2.45) is 23.2 Å². The Labute approximate surface area is 135 Å². The van der Waals surface area contributed by atoms with Crippen molar-refractivity contribution < 1.29 is 14.3 Å². The van der Waals surface area contributed by atoms with Crippen molar-refractivity contribution in [1.29, 1.82) is 5.26 Å². The third-order valence-electron chi connectivity index (χ3n) is 4.37. The van der Waals surface area contributed by atoms with E-state index in [0.717, 1.165) is 24.6 Å². The van der Waals surface area contributed by atoms with Gasteiger partial charge in [-0.2, -0.15) is 5.26 Å². The lowest BCUT2D eigenvalue weighted by Gasteiger charge is -2.39. The predicted octanol–water partition coefficient (Wildman–Crippen LogP) is 3.49. The summed E-state index contributed by atoms with van der Waals surface area (Å²) >= 11 is 3.37. The number of halogens is 1. The van der Waals surface area contributed by atoms with E-state index in [1.807, 2.05) is 13.8 Å². The van der Waals surface area contributed by atoms with E-state index in [0.29, 0.717) is 13.0 Å². The number of hydrogen-bond donors (Lipinski definition) is 0. The van der Waals surface area contributed by atoms with Gasteiger partial charge in [0.15, 0.2) is 5.78 Å². The number of carbonyl (C=O) groups is 2. The fourth-order valence-electron chi connectivity index (χ4n) is 3.07. The summed E-state index contributed by atoms with van der Waals surface area (Å²) in [6, 6.07) is 2.14. The molecular weight excluding hydrogens is 334 g/mol. The van der Waals surface area contributed by atoms with Crippen LogP contribution in [0.5, 0.6) is 0 Å². The standard InChI is InChI=1S/C16H24BrNO3/c1-4-21-15(20)12(6-5-9-17)11-7-8-16(2,3)14(19)13(11)10-18/h11-13H,4-9H2,1-3H3. The van der Waals surface area contributed by atoms with E-state index in [1.54, 1.807) is 6.92 Å². The van der Waals surface area contributed by atoms with E-state index >= 15 is 0 Å². The third kappa shape index (κ3) is 4.29. The van der Waals surface area contributed by atoms with Gasteiger partial charge in [0.1, 0.15) is 5.92 Å². The minimum Gasteiger partial charge on any atom is -0.466 e. The van der Waals surface area contributed by atoms with E-state index in [-0.39, 0.29) is 23.6 Å². The molecule has 0 spiro atoms. The quantitative estimate of drug-likeness (QED) is 0.539. The molecule has 1 aliphatic rings. The van der Waals surface area contributed by atoms with Gasteiger partial charge in [-0.05, 0) is 38.5 Å². The Balaban J connectivity index is 2.98. The Kier molecular flexibility index (Phi) is 6.86. The molecule has 4 nitrogen and oxygen atoms in total. The van der Waals surface area contributed by atoms with E-state index in [2.05, 4.69) is 22.0 Å². The second kappa shape index (κ2) is 7.93. The van der Waals surface area contributed by atoms with E-state index in [4.69, 9.17) is 4.74 Å². The maximum absolute atomic E-state index is 12.5. The van der Waals surface area contributed by atoms with Crippen molar-refractivity contribution in [3.8, 4) is 6.07 Å². The number of nitriles is 1. The molecule has 1 saturated carbocycles. The zero-order valence-electron chi connectivity index (χ0n) is 13.0. The molecule has 0 aromatic rings. The Hall–Kier alpha value is -0.890. The molecule has 0 aromatic carbocycles. The molecule has 1 fully saturated rings. The van der Waals surface area contributed by atoms with Gasteiger partial charge in [-0.15, -0.1) is 0 Å². The van der Waals surface area contributed by atoms with Crippen molar-refractivity contribution >= 4 is 27.7 Å². The van der Waals surface area contributed by atoms with Gasteiger partial charge in [-0.1, -0.05) is 29.8 Å². The monoisotopic (exact) mass is 357 g/mol.